The number of allylic oxidation sites excluding steroid dienone is 1. The van der Waals surface area contributed by atoms with E-state index in [0.29, 0.717) is 6.42 Å². The van der Waals surface area contributed by atoms with Gasteiger partial charge in [-0.2, -0.15) is 0 Å². The Hall–Kier alpha value is -2.13. The van der Waals surface area contributed by atoms with Gasteiger partial charge in [0.2, 0.25) is 0 Å². The van der Waals surface area contributed by atoms with E-state index < -0.39 is 0 Å². The van der Waals surface area contributed by atoms with E-state index in [1.54, 1.807) is 12.1 Å². The number of nitrogens with zero attached hydrogens (tertiary/aromatic N) is 1. The van der Waals surface area contributed by atoms with Gasteiger partial charge in [0.05, 0.1) is 0 Å². The summed E-state index contributed by atoms with van der Waals surface area (Å²) in [6, 6.07) is 14.8. The summed E-state index contributed by atoms with van der Waals surface area (Å²) < 4.78 is 19.7. The zero-order valence-electron chi connectivity index (χ0n) is 13.8. The van der Waals surface area contributed by atoms with Crippen LogP contribution in [0.5, 0.6) is 5.75 Å². The number of hydrogen-bond acceptors (Lipinski definition) is 2. The molecule has 122 valence electrons. The second kappa shape index (κ2) is 8.49. The lowest BCUT2D eigenvalue weighted by Crippen LogP contribution is -2.19. The molecule has 0 saturated heterocycles. The minimum atomic E-state index is -0.251. The first-order chi connectivity index (χ1) is 11.1. The van der Waals surface area contributed by atoms with Crippen molar-refractivity contribution < 1.29 is 9.13 Å². The van der Waals surface area contributed by atoms with Gasteiger partial charge in [0.1, 0.15) is 17.7 Å². The van der Waals surface area contributed by atoms with E-state index >= 15 is 0 Å². The molecule has 2 nitrogen and oxygen atoms in total. The van der Waals surface area contributed by atoms with Crippen LogP contribution in [-0.2, 0) is 6.42 Å². The van der Waals surface area contributed by atoms with E-state index in [1.807, 2.05) is 32.3 Å². The molecular formula is C20H24FNO. The first-order valence-electron chi connectivity index (χ1n) is 7.86. The van der Waals surface area contributed by atoms with Crippen molar-refractivity contribution in [3.63, 3.8) is 0 Å². The van der Waals surface area contributed by atoms with Crippen LogP contribution in [0.15, 0.2) is 61.2 Å². The fourth-order valence-electron chi connectivity index (χ4n) is 2.47. The molecule has 1 atom stereocenters. The average molecular weight is 313 g/mol. The summed E-state index contributed by atoms with van der Waals surface area (Å²) in [7, 11) is 4.09. The molecule has 0 aliphatic heterocycles. The summed E-state index contributed by atoms with van der Waals surface area (Å²) in [5.74, 6) is 0.470. The van der Waals surface area contributed by atoms with E-state index in [0.717, 1.165) is 29.8 Å². The third-order valence-electron chi connectivity index (χ3n) is 3.67. The molecular weight excluding hydrogens is 289 g/mol. The van der Waals surface area contributed by atoms with E-state index in [1.165, 1.54) is 12.1 Å². The number of ether oxygens (including phenoxy) is 1. The predicted molar refractivity (Wildman–Crippen MR) is 93.3 cm³/mol. The molecule has 0 spiro atoms. The summed E-state index contributed by atoms with van der Waals surface area (Å²) in [6.07, 6.45) is 3.15. The van der Waals surface area contributed by atoms with Gasteiger partial charge in [-0.05, 0) is 44.3 Å². The lowest BCUT2D eigenvalue weighted by Gasteiger charge is -2.23. The van der Waals surface area contributed by atoms with Crippen LogP contribution in [0.3, 0.4) is 0 Å². The van der Waals surface area contributed by atoms with Gasteiger partial charge < -0.3 is 9.64 Å². The van der Waals surface area contributed by atoms with Gasteiger partial charge in [-0.3, -0.25) is 0 Å². The quantitative estimate of drug-likeness (QED) is 0.659. The Bertz CT molecular complexity index is 625. The van der Waals surface area contributed by atoms with E-state index in [-0.39, 0.29) is 11.9 Å². The molecule has 2 aromatic carbocycles. The third-order valence-corrected chi connectivity index (χ3v) is 3.67. The number of rotatable bonds is 8. The van der Waals surface area contributed by atoms with Crippen molar-refractivity contribution in [1.29, 1.82) is 0 Å². The summed E-state index contributed by atoms with van der Waals surface area (Å²) in [5.41, 5.74) is 1.95. The smallest absolute Gasteiger partial charge is 0.125 e. The Balaban J connectivity index is 2.25. The minimum Gasteiger partial charge on any atom is -0.485 e. The average Bonchev–Trinajstić information content (AvgIpc) is 2.54. The zero-order chi connectivity index (χ0) is 16.7. The van der Waals surface area contributed by atoms with E-state index in [9.17, 15) is 4.39 Å². The zero-order valence-corrected chi connectivity index (χ0v) is 13.8. The highest BCUT2D eigenvalue weighted by molar-refractivity contribution is 5.36. The normalized spacial score (nSPS) is 12.2. The first-order valence-corrected chi connectivity index (χ1v) is 7.86. The SMILES string of the molecule is C=CCc1cc(F)ccc1OC(CCN(C)C)c1ccccc1. The fraction of sp³-hybridized carbons (Fsp3) is 0.300. The van der Waals surface area contributed by atoms with Gasteiger partial charge in [-0.1, -0.05) is 36.4 Å². The number of benzene rings is 2. The lowest BCUT2D eigenvalue weighted by atomic mass is 10.1. The highest BCUT2D eigenvalue weighted by Crippen LogP contribution is 2.29. The van der Waals surface area contributed by atoms with Crippen molar-refractivity contribution in [2.45, 2.75) is 18.9 Å². The van der Waals surface area contributed by atoms with E-state index in [4.69, 9.17) is 4.74 Å². The largest absolute Gasteiger partial charge is 0.485 e. The van der Waals surface area contributed by atoms with Crippen LogP contribution in [-0.4, -0.2) is 25.5 Å². The van der Waals surface area contributed by atoms with Crippen LogP contribution in [0.25, 0.3) is 0 Å². The molecule has 2 rings (SSSR count). The molecule has 0 fully saturated rings. The molecule has 0 radical (unpaired) electrons. The first kappa shape index (κ1) is 17.2. The van der Waals surface area contributed by atoms with Crippen molar-refractivity contribution in [3.8, 4) is 5.75 Å². The fourth-order valence-corrected chi connectivity index (χ4v) is 2.47. The number of halogens is 1. The molecule has 0 N–H and O–H groups in total. The lowest BCUT2D eigenvalue weighted by molar-refractivity contribution is 0.178. The maximum Gasteiger partial charge on any atom is 0.125 e. The molecule has 0 heterocycles. The predicted octanol–water partition coefficient (Wildman–Crippen LogP) is 4.63. The second-order valence-corrected chi connectivity index (χ2v) is 5.85. The Morgan fingerprint density at radius 1 is 1.17 bits per heavy atom. The van der Waals surface area contributed by atoms with Crippen molar-refractivity contribution >= 4 is 0 Å². The Morgan fingerprint density at radius 3 is 2.57 bits per heavy atom. The maximum absolute atomic E-state index is 13.5. The highest BCUT2D eigenvalue weighted by atomic mass is 19.1. The van der Waals surface area contributed by atoms with Crippen LogP contribution >= 0.6 is 0 Å². The van der Waals surface area contributed by atoms with Crippen LogP contribution in [0.1, 0.15) is 23.7 Å². The Kier molecular flexibility index (Phi) is 6.36. The molecule has 23 heavy (non-hydrogen) atoms. The number of hydrogen-bond donors (Lipinski definition) is 0. The van der Waals surface area contributed by atoms with Gasteiger partial charge in [0.15, 0.2) is 0 Å². The van der Waals surface area contributed by atoms with Crippen molar-refractivity contribution in [1.82, 2.24) is 4.90 Å². The summed E-state index contributed by atoms with van der Waals surface area (Å²) in [4.78, 5) is 2.13. The van der Waals surface area contributed by atoms with Gasteiger partial charge in [0.25, 0.3) is 0 Å². The second-order valence-electron chi connectivity index (χ2n) is 5.85. The minimum absolute atomic E-state index is 0.0624. The monoisotopic (exact) mass is 313 g/mol. The van der Waals surface area contributed by atoms with Crippen molar-refractivity contribution in [2.24, 2.45) is 0 Å². The van der Waals surface area contributed by atoms with E-state index in [2.05, 4.69) is 23.6 Å². The van der Waals surface area contributed by atoms with Crippen molar-refractivity contribution in [3.05, 3.63) is 78.1 Å². The molecule has 1 unspecified atom stereocenters. The molecule has 0 aliphatic carbocycles. The van der Waals surface area contributed by atoms with Crippen LogP contribution < -0.4 is 4.74 Å². The maximum atomic E-state index is 13.5. The standard InChI is InChI=1S/C20H24FNO/c1-4-8-17-15-18(21)11-12-19(17)23-20(13-14-22(2)3)16-9-6-5-7-10-16/h4-7,9-12,15,20H,1,8,13-14H2,2-3H3. The van der Waals surface area contributed by atoms with Gasteiger partial charge >= 0.3 is 0 Å². The van der Waals surface area contributed by atoms with Crippen LogP contribution in [0.4, 0.5) is 4.39 Å². The van der Waals surface area contributed by atoms with Crippen molar-refractivity contribution in [2.75, 3.05) is 20.6 Å². The molecule has 0 saturated carbocycles. The molecule has 2 aromatic rings. The third kappa shape index (κ3) is 5.22. The van der Waals surface area contributed by atoms with Crippen LogP contribution in [0, 0.1) is 5.82 Å². The Labute approximate surface area is 138 Å². The molecule has 0 amide bonds. The molecule has 0 aliphatic rings. The highest BCUT2D eigenvalue weighted by Gasteiger charge is 2.16. The van der Waals surface area contributed by atoms with Gasteiger partial charge in [-0.15, -0.1) is 6.58 Å². The van der Waals surface area contributed by atoms with Crippen LogP contribution in [0.2, 0.25) is 0 Å². The van der Waals surface area contributed by atoms with Gasteiger partial charge in [0, 0.05) is 18.5 Å². The summed E-state index contributed by atoms with van der Waals surface area (Å²) in [5, 5.41) is 0. The Morgan fingerprint density at radius 2 is 1.91 bits per heavy atom. The summed E-state index contributed by atoms with van der Waals surface area (Å²) >= 11 is 0. The summed E-state index contributed by atoms with van der Waals surface area (Å²) in [6.45, 7) is 4.65. The topological polar surface area (TPSA) is 12.5 Å². The molecule has 0 bridgehead atoms. The molecule has 3 heteroatoms. The van der Waals surface area contributed by atoms with Gasteiger partial charge in [-0.25, -0.2) is 4.39 Å². The molecule has 0 aromatic heterocycles.